The summed E-state index contributed by atoms with van der Waals surface area (Å²) in [5.74, 6) is 0.167. The third-order valence-electron chi connectivity index (χ3n) is 4.30. The lowest BCUT2D eigenvalue weighted by molar-refractivity contribution is 0.487. The molecular weight excluding hydrogens is 296 g/mol. The highest BCUT2D eigenvalue weighted by Gasteiger charge is 2.23. The van der Waals surface area contributed by atoms with Gasteiger partial charge in [-0.25, -0.2) is 0 Å². The molecule has 114 valence electrons. The fraction of sp³-hybridized carbons (Fsp3) is 0.412. The number of hydrogen-bond donors (Lipinski definition) is 1. The van der Waals surface area contributed by atoms with E-state index in [9.17, 15) is 0 Å². The van der Waals surface area contributed by atoms with Crippen molar-refractivity contribution in [2.45, 2.75) is 19.3 Å². The van der Waals surface area contributed by atoms with E-state index in [4.69, 9.17) is 22.6 Å². The van der Waals surface area contributed by atoms with Crippen LogP contribution >= 0.6 is 11.6 Å². The Labute approximate surface area is 135 Å². The van der Waals surface area contributed by atoms with Crippen molar-refractivity contribution in [1.82, 2.24) is 4.98 Å². The van der Waals surface area contributed by atoms with Crippen LogP contribution in [0.3, 0.4) is 0 Å². The van der Waals surface area contributed by atoms with E-state index in [1.165, 1.54) is 0 Å². The Morgan fingerprint density at radius 1 is 1.41 bits per heavy atom. The Hall–Kier alpha value is -1.83. The van der Waals surface area contributed by atoms with Gasteiger partial charge in [0.2, 0.25) is 0 Å². The van der Waals surface area contributed by atoms with Crippen LogP contribution in [0.5, 0.6) is 0 Å². The predicted molar refractivity (Wildman–Crippen MR) is 90.1 cm³/mol. The van der Waals surface area contributed by atoms with Gasteiger partial charge in [-0.05, 0) is 49.6 Å². The highest BCUT2D eigenvalue weighted by molar-refractivity contribution is 6.36. The van der Waals surface area contributed by atoms with E-state index < -0.39 is 0 Å². The molecule has 4 nitrogen and oxygen atoms in total. The fourth-order valence-corrected chi connectivity index (χ4v) is 3.45. The molecule has 0 spiro atoms. The van der Waals surface area contributed by atoms with Gasteiger partial charge < -0.3 is 10.6 Å². The quantitative estimate of drug-likeness (QED) is 0.945. The van der Waals surface area contributed by atoms with Crippen molar-refractivity contribution < 1.29 is 0 Å². The van der Waals surface area contributed by atoms with Crippen LogP contribution in [0, 0.1) is 17.2 Å². The molecule has 0 bridgehead atoms. The van der Waals surface area contributed by atoms with Crippen LogP contribution in [0.1, 0.15) is 18.4 Å². The van der Waals surface area contributed by atoms with E-state index in [1.54, 1.807) is 6.20 Å². The first kappa shape index (κ1) is 15.1. The Bertz CT molecular complexity index is 714. The molecule has 5 heteroatoms. The number of rotatable bonds is 3. The third-order valence-corrected chi connectivity index (χ3v) is 4.61. The van der Waals surface area contributed by atoms with Crippen molar-refractivity contribution >= 4 is 28.2 Å². The number of nitrogens with zero attached hydrogens (tertiary/aromatic N) is 3. The summed E-state index contributed by atoms with van der Waals surface area (Å²) < 4.78 is 0. The molecule has 0 aliphatic carbocycles. The molecule has 0 unspecified atom stereocenters. The smallest absolute Gasteiger partial charge is 0.0953 e. The Morgan fingerprint density at radius 3 is 2.86 bits per heavy atom. The standard InChI is InChI=1S/C17H19ClN4/c18-15-10-13(3-6-19)17(16-14(15)2-1-7-21-16)22-8-4-12(11-20)5-9-22/h1-2,7,10,12H,3-6,8-9,19H2. The summed E-state index contributed by atoms with van der Waals surface area (Å²) in [6, 6.07) is 8.30. The van der Waals surface area contributed by atoms with E-state index >= 15 is 0 Å². The van der Waals surface area contributed by atoms with Crippen LogP contribution in [0.4, 0.5) is 5.69 Å². The largest absolute Gasteiger partial charge is 0.369 e. The van der Waals surface area contributed by atoms with Gasteiger partial charge in [0.05, 0.1) is 22.3 Å². The molecule has 1 aromatic carbocycles. The highest BCUT2D eigenvalue weighted by Crippen LogP contribution is 2.36. The summed E-state index contributed by atoms with van der Waals surface area (Å²) in [7, 11) is 0. The number of hydrogen-bond acceptors (Lipinski definition) is 4. The molecule has 2 N–H and O–H groups in total. The van der Waals surface area contributed by atoms with Crippen molar-refractivity contribution in [3.05, 3.63) is 35.0 Å². The molecule has 0 radical (unpaired) electrons. The maximum absolute atomic E-state index is 9.08. The van der Waals surface area contributed by atoms with Crippen LogP contribution in [0.25, 0.3) is 10.9 Å². The van der Waals surface area contributed by atoms with Gasteiger partial charge in [0.25, 0.3) is 0 Å². The minimum absolute atomic E-state index is 0.167. The number of piperidine rings is 1. The van der Waals surface area contributed by atoms with E-state index in [2.05, 4.69) is 16.0 Å². The zero-order valence-corrected chi connectivity index (χ0v) is 13.2. The predicted octanol–water partition coefficient (Wildman–Crippen LogP) is 3.13. The van der Waals surface area contributed by atoms with Gasteiger partial charge >= 0.3 is 0 Å². The lowest BCUT2D eigenvalue weighted by Crippen LogP contribution is -2.34. The van der Waals surface area contributed by atoms with Gasteiger partial charge in [0.15, 0.2) is 0 Å². The highest BCUT2D eigenvalue weighted by atomic mass is 35.5. The second-order valence-corrected chi connectivity index (χ2v) is 6.10. The molecule has 3 rings (SSSR count). The van der Waals surface area contributed by atoms with E-state index in [1.807, 2.05) is 18.2 Å². The summed E-state index contributed by atoms with van der Waals surface area (Å²) in [6.45, 7) is 2.34. The number of nitriles is 1. The number of benzene rings is 1. The van der Waals surface area contributed by atoms with Crippen LogP contribution < -0.4 is 10.6 Å². The summed E-state index contributed by atoms with van der Waals surface area (Å²) in [6.07, 6.45) is 4.38. The first-order chi connectivity index (χ1) is 10.7. The zero-order valence-electron chi connectivity index (χ0n) is 12.4. The first-order valence-corrected chi connectivity index (χ1v) is 8.03. The molecule has 2 heterocycles. The number of aromatic nitrogens is 1. The lowest BCUT2D eigenvalue weighted by Gasteiger charge is -2.33. The van der Waals surface area contributed by atoms with E-state index in [-0.39, 0.29) is 5.92 Å². The molecule has 1 aromatic heterocycles. The number of anilines is 1. The Morgan fingerprint density at radius 2 is 2.18 bits per heavy atom. The van der Waals surface area contributed by atoms with Crippen LogP contribution in [-0.2, 0) is 6.42 Å². The third kappa shape index (κ3) is 2.75. The van der Waals surface area contributed by atoms with Crippen LogP contribution in [-0.4, -0.2) is 24.6 Å². The van der Waals surface area contributed by atoms with Crippen molar-refractivity contribution in [1.29, 1.82) is 5.26 Å². The van der Waals surface area contributed by atoms with Gasteiger partial charge in [-0.3, -0.25) is 4.98 Å². The molecule has 1 aliphatic heterocycles. The second kappa shape index (κ2) is 6.51. The molecule has 22 heavy (non-hydrogen) atoms. The number of halogens is 1. The van der Waals surface area contributed by atoms with Crippen molar-refractivity contribution in [2.75, 3.05) is 24.5 Å². The van der Waals surface area contributed by atoms with Gasteiger partial charge in [-0.1, -0.05) is 11.6 Å². The molecule has 1 aliphatic rings. The molecule has 2 aromatic rings. The van der Waals surface area contributed by atoms with Crippen molar-refractivity contribution in [2.24, 2.45) is 11.7 Å². The molecular formula is C17H19ClN4. The molecule has 1 saturated heterocycles. The SMILES string of the molecule is N#CC1CCN(c2c(CCN)cc(Cl)c3cccnc23)CC1. The van der Waals surface area contributed by atoms with E-state index in [0.717, 1.165) is 59.5 Å². The average molecular weight is 315 g/mol. The molecule has 0 atom stereocenters. The molecule has 1 fully saturated rings. The summed E-state index contributed by atoms with van der Waals surface area (Å²) in [5, 5.41) is 10.8. The minimum atomic E-state index is 0.167. The molecule has 0 amide bonds. The average Bonchev–Trinajstić information content (AvgIpc) is 2.56. The second-order valence-electron chi connectivity index (χ2n) is 5.69. The van der Waals surface area contributed by atoms with Crippen molar-refractivity contribution in [3.63, 3.8) is 0 Å². The number of pyridine rings is 1. The fourth-order valence-electron chi connectivity index (χ4n) is 3.17. The Kier molecular flexibility index (Phi) is 4.47. The maximum Gasteiger partial charge on any atom is 0.0953 e. The lowest BCUT2D eigenvalue weighted by atomic mass is 9.96. The van der Waals surface area contributed by atoms with E-state index in [0.29, 0.717) is 6.54 Å². The Balaban J connectivity index is 2.08. The monoisotopic (exact) mass is 314 g/mol. The topological polar surface area (TPSA) is 65.9 Å². The summed E-state index contributed by atoms with van der Waals surface area (Å²) >= 11 is 6.41. The maximum atomic E-state index is 9.08. The minimum Gasteiger partial charge on any atom is -0.369 e. The van der Waals surface area contributed by atoms with Gasteiger partial charge in [0.1, 0.15) is 0 Å². The van der Waals surface area contributed by atoms with Gasteiger partial charge in [0, 0.05) is 30.6 Å². The van der Waals surface area contributed by atoms with Gasteiger partial charge in [-0.15, -0.1) is 0 Å². The first-order valence-electron chi connectivity index (χ1n) is 7.65. The van der Waals surface area contributed by atoms with Crippen LogP contribution in [0.15, 0.2) is 24.4 Å². The zero-order chi connectivity index (χ0) is 15.5. The summed E-state index contributed by atoms with van der Waals surface area (Å²) in [5.41, 5.74) is 9.00. The van der Waals surface area contributed by atoms with Gasteiger partial charge in [-0.2, -0.15) is 5.26 Å². The normalized spacial score (nSPS) is 16.0. The van der Waals surface area contributed by atoms with Crippen molar-refractivity contribution in [3.8, 4) is 6.07 Å². The summed E-state index contributed by atoms with van der Waals surface area (Å²) in [4.78, 5) is 6.91. The molecule has 0 saturated carbocycles. The number of nitrogens with two attached hydrogens (primary N) is 1. The van der Waals surface area contributed by atoms with Crippen LogP contribution in [0.2, 0.25) is 5.02 Å². The number of fused-ring (bicyclic) bond motifs is 1.